The van der Waals surface area contributed by atoms with Gasteiger partial charge in [-0.1, -0.05) is 48.5 Å². The zero-order valence-corrected chi connectivity index (χ0v) is 23.9. The van der Waals surface area contributed by atoms with Gasteiger partial charge in [0, 0.05) is 25.2 Å². The number of carboxylic acid groups (broad SMARTS) is 4. The van der Waals surface area contributed by atoms with Gasteiger partial charge in [-0.05, 0) is 41.5 Å². The summed E-state index contributed by atoms with van der Waals surface area (Å²) in [5.41, 5.74) is 3.82. The number of amides is 3. The van der Waals surface area contributed by atoms with Crippen LogP contribution in [0.1, 0.15) is 55.6 Å². The van der Waals surface area contributed by atoms with E-state index in [1.54, 1.807) is 0 Å². The molecule has 1 aliphatic rings. The van der Waals surface area contributed by atoms with Crippen molar-refractivity contribution in [3.05, 3.63) is 59.7 Å². The van der Waals surface area contributed by atoms with E-state index in [-0.39, 0.29) is 12.5 Å². The molecular formula is C30H33N3O12. The molecule has 7 N–H and O–H groups in total. The van der Waals surface area contributed by atoms with Gasteiger partial charge in [0.25, 0.3) is 0 Å². The zero-order chi connectivity index (χ0) is 33.1. The smallest absolute Gasteiger partial charge is 0.407 e. The highest BCUT2D eigenvalue weighted by atomic mass is 16.5. The molecule has 0 heterocycles. The second-order valence-electron chi connectivity index (χ2n) is 10.3. The van der Waals surface area contributed by atoms with Crippen molar-refractivity contribution in [2.24, 2.45) is 0 Å². The Kier molecular flexibility index (Phi) is 12.0. The Morgan fingerprint density at radius 3 is 1.58 bits per heavy atom. The molecule has 0 spiro atoms. The fourth-order valence-electron chi connectivity index (χ4n) is 4.92. The summed E-state index contributed by atoms with van der Waals surface area (Å²) in [5.74, 6) is -7.79. The van der Waals surface area contributed by atoms with Crippen LogP contribution in [-0.2, 0) is 33.5 Å². The van der Waals surface area contributed by atoms with Gasteiger partial charge in [-0.3, -0.25) is 19.2 Å². The molecule has 0 aliphatic heterocycles. The first-order valence-corrected chi connectivity index (χ1v) is 14.0. The van der Waals surface area contributed by atoms with E-state index < -0.39 is 98.4 Å². The van der Waals surface area contributed by atoms with E-state index >= 15 is 0 Å². The molecule has 240 valence electrons. The van der Waals surface area contributed by atoms with Crippen molar-refractivity contribution in [2.75, 3.05) is 6.61 Å². The molecule has 0 fully saturated rings. The van der Waals surface area contributed by atoms with Crippen molar-refractivity contribution >= 4 is 41.8 Å². The first kappa shape index (κ1) is 34.0. The van der Waals surface area contributed by atoms with Gasteiger partial charge in [-0.25, -0.2) is 14.4 Å². The topological polar surface area (TPSA) is 246 Å². The number of rotatable bonds is 17. The van der Waals surface area contributed by atoms with Gasteiger partial charge in [-0.15, -0.1) is 0 Å². The SMILES string of the molecule is O=C(O)CCC(NC(=O)CCC(NC(=O)OCC1c2ccccc2-c2ccccc21)C(=O)NC(CCC(=O)O)C(=O)O)C(=O)O. The third-order valence-corrected chi connectivity index (χ3v) is 7.15. The third kappa shape index (κ3) is 9.77. The molecule has 0 radical (unpaired) electrons. The number of benzene rings is 2. The largest absolute Gasteiger partial charge is 0.481 e. The van der Waals surface area contributed by atoms with Gasteiger partial charge >= 0.3 is 30.0 Å². The first-order chi connectivity index (χ1) is 21.4. The van der Waals surface area contributed by atoms with Crippen molar-refractivity contribution in [3.63, 3.8) is 0 Å². The van der Waals surface area contributed by atoms with Crippen molar-refractivity contribution in [1.29, 1.82) is 0 Å². The fourth-order valence-corrected chi connectivity index (χ4v) is 4.92. The summed E-state index contributed by atoms with van der Waals surface area (Å²) >= 11 is 0. The van der Waals surface area contributed by atoms with Crippen LogP contribution in [0.4, 0.5) is 4.79 Å². The fraction of sp³-hybridized carbons (Fsp3) is 0.367. The molecule has 2 aromatic carbocycles. The molecule has 1 aliphatic carbocycles. The molecule has 0 bridgehead atoms. The lowest BCUT2D eigenvalue weighted by molar-refractivity contribution is -0.143. The van der Waals surface area contributed by atoms with Gasteiger partial charge in [0.15, 0.2) is 0 Å². The van der Waals surface area contributed by atoms with Gasteiger partial charge in [-0.2, -0.15) is 0 Å². The predicted octanol–water partition coefficient (Wildman–Crippen LogP) is 1.54. The van der Waals surface area contributed by atoms with Crippen LogP contribution >= 0.6 is 0 Å². The Labute approximate surface area is 256 Å². The number of hydrogen-bond acceptors (Lipinski definition) is 8. The van der Waals surface area contributed by atoms with E-state index in [1.807, 2.05) is 48.5 Å². The molecule has 3 unspecified atom stereocenters. The van der Waals surface area contributed by atoms with Crippen LogP contribution in [0.25, 0.3) is 11.1 Å². The van der Waals surface area contributed by atoms with Crippen LogP contribution in [0.3, 0.4) is 0 Å². The summed E-state index contributed by atoms with van der Waals surface area (Å²) in [6, 6.07) is 10.5. The van der Waals surface area contributed by atoms with Crippen LogP contribution in [0.5, 0.6) is 0 Å². The Morgan fingerprint density at radius 2 is 1.09 bits per heavy atom. The minimum Gasteiger partial charge on any atom is -0.481 e. The number of carbonyl (C=O) groups is 7. The summed E-state index contributed by atoms with van der Waals surface area (Å²) in [7, 11) is 0. The monoisotopic (exact) mass is 627 g/mol. The Balaban J connectivity index is 1.70. The molecule has 0 saturated carbocycles. The molecule has 15 nitrogen and oxygen atoms in total. The maximum atomic E-state index is 13.1. The van der Waals surface area contributed by atoms with Gasteiger partial charge in [0.05, 0.1) is 0 Å². The van der Waals surface area contributed by atoms with Crippen LogP contribution in [0.15, 0.2) is 48.5 Å². The lowest BCUT2D eigenvalue weighted by atomic mass is 9.98. The predicted molar refractivity (Wildman–Crippen MR) is 154 cm³/mol. The van der Waals surface area contributed by atoms with Gasteiger partial charge < -0.3 is 41.1 Å². The van der Waals surface area contributed by atoms with E-state index in [4.69, 9.17) is 14.9 Å². The van der Waals surface area contributed by atoms with Crippen molar-refractivity contribution in [2.45, 2.75) is 62.6 Å². The standard InChI is InChI=1S/C30H33N3O12/c34-24(31-22(28(40)41)10-13-25(35)36)12-9-21(27(39)32-23(29(42)43)11-14-26(37)38)33-30(44)45-15-20-18-7-3-1-5-16(18)17-6-2-4-8-19(17)20/h1-8,20-23H,9-15H2,(H,31,34)(H,32,39)(H,33,44)(H,35,36)(H,37,38)(H,40,41)(H,42,43). The maximum Gasteiger partial charge on any atom is 0.407 e. The van der Waals surface area contributed by atoms with E-state index in [9.17, 15) is 43.8 Å². The lowest BCUT2D eigenvalue weighted by Gasteiger charge is -2.22. The molecule has 2 aromatic rings. The molecule has 0 saturated heterocycles. The quantitative estimate of drug-likeness (QED) is 0.132. The second-order valence-corrected chi connectivity index (χ2v) is 10.3. The Morgan fingerprint density at radius 1 is 0.622 bits per heavy atom. The number of carbonyl (C=O) groups excluding carboxylic acids is 3. The third-order valence-electron chi connectivity index (χ3n) is 7.15. The number of carboxylic acids is 4. The summed E-state index contributed by atoms with van der Waals surface area (Å²) in [4.78, 5) is 83.2. The number of aliphatic carboxylic acids is 4. The Hall–Kier alpha value is -5.47. The summed E-state index contributed by atoms with van der Waals surface area (Å²) in [6.45, 7) is -0.116. The van der Waals surface area contributed by atoms with E-state index in [0.717, 1.165) is 22.3 Å². The number of hydrogen-bond donors (Lipinski definition) is 7. The highest BCUT2D eigenvalue weighted by molar-refractivity contribution is 5.90. The summed E-state index contributed by atoms with van der Waals surface area (Å²) in [5, 5.41) is 43.1. The molecule has 3 rings (SSSR count). The molecule has 3 atom stereocenters. The highest BCUT2D eigenvalue weighted by Crippen LogP contribution is 2.44. The van der Waals surface area contributed by atoms with E-state index in [0.29, 0.717) is 0 Å². The average Bonchev–Trinajstić information content (AvgIpc) is 3.31. The second kappa shape index (κ2) is 15.8. The number of fused-ring (bicyclic) bond motifs is 3. The van der Waals surface area contributed by atoms with Gasteiger partial charge in [0.1, 0.15) is 24.7 Å². The Bertz CT molecular complexity index is 1410. The minimum atomic E-state index is -1.62. The van der Waals surface area contributed by atoms with Crippen molar-refractivity contribution in [3.8, 4) is 11.1 Å². The van der Waals surface area contributed by atoms with Gasteiger partial charge in [0.2, 0.25) is 11.8 Å². The summed E-state index contributed by atoms with van der Waals surface area (Å²) < 4.78 is 5.45. The van der Waals surface area contributed by atoms with Crippen LogP contribution in [-0.4, -0.2) is 86.9 Å². The van der Waals surface area contributed by atoms with Crippen LogP contribution in [0.2, 0.25) is 0 Å². The normalized spacial score (nSPS) is 13.7. The average molecular weight is 628 g/mol. The van der Waals surface area contributed by atoms with E-state index in [1.165, 1.54) is 0 Å². The van der Waals surface area contributed by atoms with E-state index in [2.05, 4.69) is 16.0 Å². The maximum absolute atomic E-state index is 13.1. The number of alkyl carbamates (subject to hydrolysis) is 1. The van der Waals surface area contributed by atoms with Crippen molar-refractivity contribution in [1.82, 2.24) is 16.0 Å². The molecule has 45 heavy (non-hydrogen) atoms. The van der Waals surface area contributed by atoms with Crippen molar-refractivity contribution < 1.29 is 58.7 Å². The molecule has 0 aromatic heterocycles. The highest BCUT2D eigenvalue weighted by Gasteiger charge is 2.31. The zero-order valence-electron chi connectivity index (χ0n) is 23.9. The molecule has 3 amide bonds. The van der Waals surface area contributed by atoms with Crippen LogP contribution < -0.4 is 16.0 Å². The molecular weight excluding hydrogens is 594 g/mol. The minimum absolute atomic E-state index is 0.116. The lowest BCUT2D eigenvalue weighted by Crippen LogP contribution is -2.52. The molecule has 15 heteroatoms. The number of nitrogens with one attached hydrogen (secondary N) is 3. The van der Waals surface area contributed by atoms with Crippen LogP contribution in [0, 0.1) is 0 Å². The first-order valence-electron chi connectivity index (χ1n) is 14.0. The number of ether oxygens (including phenoxy) is 1. The summed E-state index contributed by atoms with van der Waals surface area (Å²) in [6.07, 6.45) is -3.97.